The molecule has 0 aliphatic carbocycles. The molecule has 1 N–H and O–H groups in total. The largest absolute Gasteiger partial charge is 0.493 e. The van der Waals surface area contributed by atoms with Crippen molar-refractivity contribution in [2.75, 3.05) is 20.3 Å². The summed E-state index contributed by atoms with van der Waals surface area (Å²) in [4.78, 5) is 12.0. The van der Waals surface area contributed by atoms with E-state index in [0.29, 0.717) is 36.0 Å². The van der Waals surface area contributed by atoms with Crippen LogP contribution in [0.15, 0.2) is 84.0 Å². The third-order valence-corrected chi connectivity index (χ3v) is 3.99. The first-order valence-corrected chi connectivity index (χ1v) is 9.14. The molecular weight excluding hydrogens is 368 g/mol. The number of ether oxygens (including phenoxy) is 3. The van der Waals surface area contributed by atoms with Gasteiger partial charge in [-0.1, -0.05) is 42.5 Å². The maximum absolute atomic E-state index is 12.0. The molecule has 1 amide bonds. The highest BCUT2D eigenvalue weighted by atomic mass is 16.5. The fourth-order valence-corrected chi connectivity index (χ4v) is 2.57. The van der Waals surface area contributed by atoms with E-state index in [-0.39, 0.29) is 5.91 Å². The molecule has 0 heterocycles. The highest BCUT2D eigenvalue weighted by Crippen LogP contribution is 2.25. The van der Waals surface area contributed by atoms with Gasteiger partial charge >= 0.3 is 0 Å². The van der Waals surface area contributed by atoms with Crippen LogP contribution in [0.4, 0.5) is 0 Å². The summed E-state index contributed by atoms with van der Waals surface area (Å²) in [6, 6.07) is 23.8. The van der Waals surface area contributed by atoms with Crippen molar-refractivity contribution in [2.24, 2.45) is 5.10 Å². The summed E-state index contributed by atoms with van der Waals surface area (Å²) in [6.07, 6.45) is 1.55. The lowest BCUT2D eigenvalue weighted by atomic mass is 10.2. The van der Waals surface area contributed by atoms with E-state index in [9.17, 15) is 4.79 Å². The first kappa shape index (κ1) is 19.9. The predicted octanol–water partition coefficient (Wildman–Crippen LogP) is 3.92. The summed E-state index contributed by atoms with van der Waals surface area (Å²) in [6.45, 7) is 0.704. The van der Waals surface area contributed by atoms with Crippen LogP contribution in [0.3, 0.4) is 0 Å². The average molecular weight is 390 g/mol. The summed E-state index contributed by atoms with van der Waals surface area (Å²) in [5, 5.41) is 4.02. The molecule has 0 unspecified atom stereocenters. The van der Waals surface area contributed by atoms with Crippen LogP contribution in [0.2, 0.25) is 0 Å². The Morgan fingerprint density at radius 3 is 2.14 bits per heavy atom. The van der Waals surface area contributed by atoms with Gasteiger partial charge in [-0.3, -0.25) is 4.79 Å². The van der Waals surface area contributed by atoms with E-state index in [4.69, 9.17) is 14.2 Å². The van der Waals surface area contributed by atoms with Crippen LogP contribution in [-0.4, -0.2) is 32.4 Å². The number of hydrazone groups is 1. The number of para-hydroxylation sites is 3. The molecule has 0 aliphatic rings. The van der Waals surface area contributed by atoms with E-state index >= 15 is 0 Å². The first-order chi connectivity index (χ1) is 14.3. The molecule has 6 nitrogen and oxygen atoms in total. The first-order valence-electron chi connectivity index (χ1n) is 9.14. The molecule has 0 saturated carbocycles. The number of carbonyl (C=O) groups is 1. The van der Waals surface area contributed by atoms with Crippen molar-refractivity contribution in [3.8, 4) is 17.2 Å². The minimum atomic E-state index is -0.273. The van der Waals surface area contributed by atoms with Gasteiger partial charge in [0.1, 0.15) is 19.0 Å². The quantitative estimate of drug-likeness (QED) is 0.342. The zero-order chi connectivity index (χ0) is 20.3. The van der Waals surface area contributed by atoms with Crippen LogP contribution in [0.5, 0.6) is 17.2 Å². The third kappa shape index (κ3) is 5.84. The number of hydrogen-bond acceptors (Lipinski definition) is 5. The van der Waals surface area contributed by atoms with Crippen LogP contribution in [0.1, 0.15) is 15.9 Å². The third-order valence-electron chi connectivity index (χ3n) is 3.99. The molecule has 0 aromatic heterocycles. The summed E-state index contributed by atoms with van der Waals surface area (Å²) < 4.78 is 16.8. The SMILES string of the molecule is COc1ccccc1OCCOc1ccccc1/C=N\NC(=O)c1ccccc1. The second-order valence-electron chi connectivity index (χ2n) is 5.95. The standard InChI is InChI=1S/C23H22N2O4/c1-27-21-13-7-8-14-22(21)29-16-15-28-20-12-6-5-11-19(20)17-24-25-23(26)18-9-3-2-4-10-18/h2-14,17H,15-16H2,1H3,(H,25,26)/b24-17-. The summed E-state index contributed by atoms with van der Waals surface area (Å²) in [7, 11) is 1.60. The molecule has 0 fully saturated rings. The van der Waals surface area contributed by atoms with Gasteiger partial charge in [-0.25, -0.2) is 5.43 Å². The number of methoxy groups -OCH3 is 1. The van der Waals surface area contributed by atoms with E-state index in [1.807, 2.05) is 54.6 Å². The van der Waals surface area contributed by atoms with Gasteiger partial charge in [-0.15, -0.1) is 0 Å². The predicted molar refractivity (Wildman–Crippen MR) is 112 cm³/mol. The van der Waals surface area contributed by atoms with Gasteiger partial charge < -0.3 is 14.2 Å². The lowest BCUT2D eigenvalue weighted by Gasteiger charge is -2.12. The van der Waals surface area contributed by atoms with Crippen LogP contribution >= 0.6 is 0 Å². The summed E-state index contributed by atoms with van der Waals surface area (Å²) in [5.41, 5.74) is 3.80. The molecule has 148 valence electrons. The normalized spacial score (nSPS) is 10.5. The number of hydrogen-bond donors (Lipinski definition) is 1. The number of amides is 1. The van der Waals surface area contributed by atoms with E-state index < -0.39 is 0 Å². The monoisotopic (exact) mass is 390 g/mol. The fourth-order valence-electron chi connectivity index (χ4n) is 2.57. The molecule has 29 heavy (non-hydrogen) atoms. The van der Waals surface area contributed by atoms with E-state index in [0.717, 1.165) is 5.56 Å². The minimum Gasteiger partial charge on any atom is -0.493 e. The second kappa shape index (κ2) is 10.5. The highest BCUT2D eigenvalue weighted by molar-refractivity contribution is 5.95. The highest BCUT2D eigenvalue weighted by Gasteiger charge is 2.05. The number of carbonyl (C=O) groups excluding carboxylic acids is 1. The van der Waals surface area contributed by atoms with Crippen molar-refractivity contribution in [2.45, 2.75) is 0 Å². The van der Waals surface area contributed by atoms with Crippen molar-refractivity contribution in [3.05, 3.63) is 90.0 Å². The molecule has 0 aliphatic heterocycles. The second-order valence-corrected chi connectivity index (χ2v) is 5.95. The zero-order valence-corrected chi connectivity index (χ0v) is 16.1. The Morgan fingerprint density at radius 2 is 1.41 bits per heavy atom. The van der Waals surface area contributed by atoms with Crippen molar-refractivity contribution < 1.29 is 19.0 Å². The molecular formula is C23H22N2O4. The fraction of sp³-hybridized carbons (Fsp3) is 0.130. The molecule has 3 aromatic rings. The Bertz CT molecular complexity index is 958. The van der Waals surface area contributed by atoms with Crippen molar-refractivity contribution in [1.82, 2.24) is 5.43 Å². The Labute approximate surface area is 169 Å². The topological polar surface area (TPSA) is 69.2 Å². The minimum absolute atomic E-state index is 0.273. The maximum atomic E-state index is 12.0. The Hall–Kier alpha value is -3.80. The average Bonchev–Trinajstić information content (AvgIpc) is 2.78. The van der Waals surface area contributed by atoms with E-state index in [2.05, 4.69) is 10.5 Å². The summed E-state index contributed by atoms with van der Waals surface area (Å²) >= 11 is 0. The van der Waals surface area contributed by atoms with E-state index in [1.54, 1.807) is 37.6 Å². The van der Waals surface area contributed by atoms with Crippen LogP contribution in [-0.2, 0) is 0 Å². The van der Waals surface area contributed by atoms with Crippen LogP contribution < -0.4 is 19.6 Å². The van der Waals surface area contributed by atoms with E-state index in [1.165, 1.54) is 0 Å². The van der Waals surface area contributed by atoms with Gasteiger partial charge in [0, 0.05) is 11.1 Å². The van der Waals surface area contributed by atoms with Gasteiger partial charge in [-0.05, 0) is 36.4 Å². The Kier molecular flexibility index (Phi) is 7.23. The Morgan fingerprint density at radius 1 is 0.828 bits per heavy atom. The smallest absolute Gasteiger partial charge is 0.271 e. The number of benzene rings is 3. The molecule has 0 saturated heterocycles. The lowest BCUT2D eigenvalue weighted by molar-refractivity contribution is 0.0955. The lowest BCUT2D eigenvalue weighted by Crippen LogP contribution is -2.17. The zero-order valence-electron chi connectivity index (χ0n) is 16.1. The molecule has 0 bridgehead atoms. The maximum Gasteiger partial charge on any atom is 0.271 e. The molecule has 3 aromatic carbocycles. The van der Waals surface area contributed by atoms with Gasteiger partial charge in [-0.2, -0.15) is 5.10 Å². The molecule has 0 atom stereocenters. The van der Waals surface area contributed by atoms with Crippen molar-refractivity contribution in [3.63, 3.8) is 0 Å². The molecule has 0 spiro atoms. The van der Waals surface area contributed by atoms with Crippen molar-refractivity contribution >= 4 is 12.1 Å². The van der Waals surface area contributed by atoms with Gasteiger partial charge in [0.25, 0.3) is 5.91 Å². The Balaban J connectivity index is 1.53. The molecule has 6 heteroatoms. The molecule has 0 radical (unpaired) electrons. The number of nitrogens with one attached hydrogen (secondary N) is 1. The molecule has 3 rings (SSSR count). The van der Waals surface area contributed by atoms with Crippen LogP contribution in [0, 0.1) is 0 Å². The van der Waals surface area contributed by atoms with Gasteiger partial charge in [0.05, 0.1) is 13.3 Å². The van der Waals surface area contributed by atoms with Gasteiger partial charge in [0.15, 0.2) is 11.5 Å². The number of rotatable bonds is 9. The number of nitrogens with zero attached hydrogens (tertiary/aromatic N) is 1. The van der Waals surface area contributed by atoms with Crippen LogP contribution in [0.25, 0.3) is 0 Å². The van der Waals surface area contributed by atoms with Crippen molar-refractivity contribution in [1.29, 1.82) is 0 Å². The summed E-state index contributed by atoms with van der Waals surface area (Å²) in [5.74, 6) is 1.71. The van der Waals surface area contributed by atoms with Gasteiger partial charge in [0.2, 0.25) is 0 Å².